The number of hydrogen-bond acceptors (Lipinski definition) is 6. The number of nitrogens with one attached hydrogen (secondary N) is 1. The van der Waals surface area contributed by atoms with Gasteiger partial charge in [-0.05, 0) is 42.8 Å². The maximum Gasteiger partial charge on any atom is 0.269 e. The van der Waals surface area contributed by atoms with E-state index in [1.807, 2.05) is 4.90 Å². The van der Waals surface area contributed by atoms with E-state index in [1.54, 1.807) is 12.1 Å². The molecule has 3 rings (SSSR count). The Morgan fingerprint density at radius 1 is 1.03 bits per heavy atom. The molecule has 0 bridgehead atoms. The fourth-order valence-electron chi connectivity index (χ4n) is 3.30. The number of carbonyl (C=O) groups excluding carboxylic acids is 1. The van der Waals surface area contributed by atoms with Crippen LogP contribution in [0.25, 0.3) is 0 Å². The Labute approximate surface area is 179 Å². The van der Waals surface area contributed by atoms with Gasteiger partial charge in [0.1, 0.15) is 5.82 Å². The molecule has 31 heavy (non-hydrogen) atoms. The Bertz CT molecular complexity index is 1020. The number of hydrogen-bond donors (Lipinski definition) is 1. The van der Waals surface area contributed by atoms with Crippen LogP contribution in [-0.2, 0) is 10.0 Å². The second kappa shape index (κ2) is 9.84. The quantitative estimate of drug-likeness (QED) is 0.374. The van der Waals surface area contributed by atoms with Crippen molar-refractivity contribution in [2.75, 3.05) is 43.4 Å². The number of amides is 1. The number of nitro groups is 1. The number of anilines is 1. The minimum atomic E-state index is -3.45. The van der Waals surface area contributed by atoms with Crippen molar-refractivity contribution in [3.05, 3.63) is 70.0 Å². The lowest BCUT2D eigenvalue weighted by atomic mass is 10.2. The Morgan fingerprint density at radius 3 is 2.23 bits per heavy atom. The topological polar surface area (TPSA) is 113 Å². The van der Waals surface area contributed by atoms with Gasteiger partial charge in [-0.15, -0.1) is 0 Å². The number of non-ortho nitro benzene ring substituents is 1. The van der Waals surface area contributed by atoms with Crippen LogP contribution in [0.4, 0.5) is 15.8 Å². The van der Waals surface area contributed by atoms with Gasteiger partial charge in [0.15, 0.2) is 0 Å². The number of carbonyl (C=O) groups is 1. The number of piperazine rings is 1. The summed E-state index contributed by atoms with van der Waals surface area (Å²) >= 11 is 0. The summed E-state index contributed by atoms with van der Waals surface area (Å²) in [6, 6.07) is 11.3. The third-order valence-electron chi connectivity index (χ3n) is 5.03. The van der Waals surface area contributed by atoms with E-state index >= 15 is 0 Å². The summed E-state index contributed by atoms with van der Waals surface area (Å²) in [4.78, 5) is 24.2. The van der Waals surface area contributed by atoms with Crippen molar-refractivity contribution in [2.45, 2.75) is 6.42 Å². The summed E-state index contributed by atoms with van der Waals surface area (Å²) in [5.74, 6) is -0.824. The second-order valence-corrected chi connectivity index (χ2v) is 9.18. The molecular weight excluding hydrogens is 427 g/mol. The third kappa shape index (κ3) is 5.98. The van der Waals surface area contributed by atoms with Gasteiger partial charge >= 0.3 is 0 Å². The molecule has 11 heteroatoms. The number of rotatable bonds is 8. The summed E-state index contributed by atoms with van der Waals surface area (Å²) in [6.07, 6.45) is 0.249. The van der Waals surface area contributed by atoms with Crippen molar-refractivity contribution >= 4 is 27.3 Å². The number of nitro benzene ring substituents is 1. The summed E-state index contributed by atoms with van der Waals surface area (Å²) in [5, 5.41) is 13.3. The van der Waals surface area contributed by atoms with Crippen LogP contribution in [0.5, 0.6) is 0 Å². The molecule has 1 saturated heterocycles. The van der Waals surface area contributed by atoms with Gasteiger partial charge in [0.2, 0.25) is 10.0 Å². The van der Waals surface area contributed by atoms with Crippen molar-refractivity contribution in [1.82, 2.24) is 9.62 Å². The van der Waals surface area contributed by atoms with E-state index in [2.05, 4.69) is 5.32 Å². The van der Waals surface area contributed by atoms with Crippen molar-refractivity contribution in [2.24, 2.45) is 0 Å². The van der Waals surface area contributed by atoms with Crippen molar-refractivity contribution in [3.8, 4) is 0 Å². The zero-order valence-corrected chi connectivity index (χ0v) is 17.6. The lowest BCUT2D eigenvalue weighted by Gasteiger charge is -2.35. The highest BCUT2D eigenvalue weighted by Crippen LogP contribution is 2.18. The monoisotopic (exact) mass is 450 g/mol. The molecule has 0 spiro atoms. The van der Waals surface area contributed by atoms with Crippen LogP contribution in [0.3, 0.4) is 0 Å². The summed E-state index contributed by atoms with van der Waals surface area (Å²) < 4.78 is 39.6. The van der Waals surface area contributed by atoms with Crippen LogP contribution in [0.2, 0.25) is 0 Å². The molecule has 0 aliphatic carbocycles. The first kappa shape index (κ1) is 22.6. The smallest absolute Gasteiger partial charge is 0.269 e. The van der Waals surface area contributed by atoms with Crippen LogP contribution in [0.15, 0.2) is 48.5 Å². The Morgan fingerprint density at radius 2 is 1.65 bits per heavy atom. The van der Waals surface area contributed by atoms with Crippen molar-refractivity contribution in [1.29, 1.82) is 0 Å². The van der Waals surface area contributed by atoms with Gasteiger partial charge in [-0.2, -0.15) is 4.31 Å². The summed E-state index contributed by atoms with van der Waals surface area (Å²) in [7, 11) is -3.45. The fraction of sp³-hybridized carbons (Fsp3) is 0.350. The van der Waals surface area contributed by atoms with E-state index in [0.29, 0.717) is 26.2 Å². The molecule has 1 amide bonds. The molecule has 2 aromatic carbocycles. The molecule has 0 saturated carbocycles. The number of sulfonamides is 1. The molecule has 166 valence electrons. The van der Waals surface area contributed by atoms with Gasteiger partial charge in [0, 0.05) is 56.1 Å². The van der Waals surface area contributed by atoms with E-state index in [-0.39, 0.29) is 35.8 Å². The molecule has 0 aromatic heterocycles. The van der Waals surface area contributed by atoms with Crippen molar-refractivity contribution < 1.29 is 22.5 Å². The standard InChI is InChI=1S/C20H23FN4O5S/c21-17-4-8-18(9-5-17)23-11-13-24(14-12-23)31(29,30)15-1-10-22-20(26)16-2-6-19(7-3-16)25(27)28/h2-9H,1,10-15H2,(H,22,26). The predicted molar refractivity (Wildman–Crippen MR) is 114 cm³/mol. The Kier molecular flexibility index (Phi) is 7.18. The van der Waals surface area contributed by atoms with E-state index in [1.165, 1.54) is 40.7 Å². The van der Waals surface area contributed by atoms with Gasteiger partial charge in [0.25, 0.3) is 11.6 Å². The van der Waals surface area contributed by atoms with Gasteiger partial charge in [-0.1, -0.05) is 0 Å². The lowest BCUT2D eigenvalue weighted by molar-refractivity contribution is -0.384. The van der Waals surface area contributed by atoms with Crippen LogP contribution in [-0.4, -0.2) is 62.0 Å². The minimum absolute atomic E-state index is 0.0932. The van der Waals surface area contributed by atoms with Crippen molar-refractivity contribution in [3.63, 3.8) is 0 Å². The SMILES string of the molecule is O=C(NCCCS(=O)(=O)N1CCN(c2ccc(F)cc2)CC1)c1ccc([N+](=O)[O-])cc1. The summed E-state index contributed by atoms with van der Waals surface area (Å²) in [5.41, 5.74) is 1.01. The van der Waals surface area contributed by atoms with E-state index in [9.17, 15) is 27.7 Å². The van der Waals surface area contributed by atoms with Gasteiger partial charge in [-0.3, -0.25) is 14.9 Å². The normalized spacial score (nSPS) is 14.9. The molecule has 0 atom stereocenters. The molecule has 1 aliphatic heterocycles. The Balaban J connectivity index is 1.42. The first-order chi connectivity index (χ1) is 14.8. The number of benzene rings is 2. The molecule has 0 unspecified atom stereocenters. The number of nitrogens with zero attached hydrogens (tertiary/aromatic N) is 3. The van der Waals surface area contributed by atoms with E-state index < -0.39 is 20.9 Å². The highest BCUT2D eigenvalue weighted by molar-refractivity contribution is 7.89. The third-order valence-corrected chi connectivity index (χ3v) is 6.99. The fourth-order valence-corrected chi connectivity index (χ4v) is 4.79. The zero-order valence-electron chi connectivity index (χ0n) is 16.7. The molecule has 1 fully saturated rings. The first-order valence-electron chi connectivity index (χ1n) is 9.77. The highest BCUT2D eigenvalue weighted by atomic mass is 32.2. The average molecular weight is 450 g/mol. The second-order valence-electron chi connectivity index (χ2n) is 7.09. The summed E-state index contributed by atoms with van der Waals surface area (Å²) in [6.45, 7) is 1.89. The molecule has 0 radical (unpaired) electrons. The first-order valence-corrected chi connectivity index (χ1v) is 11.4. The lowest BCUT2D eigenvalue weighted by Crippen LogP contribution is -2.49. The molecular formula is C20H23FN4O5S. The Hall–Kier alpha value is -3.05. The largest absolute Gasteiger partial charge is 0.369 e. The van der Waals surface area contributed by atoms with Gasteiger partial charge in [-0.25, -0.2) is 12.8 Å². The maximum absolute atomic E-state index is 13.1. The van der Waals surface area contributed by atoms with Gasteiger partial charge in [0.05, 0.1) is 10.7 Å². The van der Waals surface area contributed by atoms with Crippen LogP contribution in [0, 0.1) is 15.9 Å². The molecule has 9 nitrogen and oxygen atoms in total. The molecule has 2 aromatic rings. The number of halogens is 1. The minimum Gasteiger partial charge on any atom is -0.369 e. The van der Waals surface area contributed by atoms with Gasteiger partial charge < -0.3 is 10.2 Å². The zero-order chi connectivity index (χ0) is 22.4. The predicted octanol–water partition coefficient (Wildman–Crippen LogP) is 2.01. The van der Waals surface area contributed by atoms with E-state index in [4.69, 9.17) is 0 Å². The molecule has 1 aliphatic rings. The van der Waals surface area contributed by atoms with Crippen LogP contribution >= 0.6 is 0 Å². The maximum atomic E-state index is 13.1. The van der Waals surface area contributed by atoms with Crippen LogP contribution < -0.4 is 10.2 Å². The molecule has 1 N–H and O–H groups in total. The van der Waals surface area contributed by atoms with E-state index in [0.717, 1.165) is 5.69 Å². The highest BCUT2D eigenvalue weighted by Gasteiger charge is 2.26. The van der Waals surface area contributed by atoms with Crippen LogP contribution in [0.1, 0.15) is 16.8 Å². The molecule has 1 heterocycles. The average Bonchev–Trinajstić information content (AvgIpc) is 2.77.